The Morgan fingerprint density at radius 3 is 2.64 bits per heavy atom. The molecule has 4 heteroatoms. The second-order valence-electron chi connectivity index (χ2n) is 4.33. The Morgan fingerprint density at radius 2 is 2.07 bits per heavy atom. The average molecular weight is 210 g/mol. The zero-order valence-electron chi connectivity index (χ0n) is 8.45. The minimum Gasteiger partial charge on any atom is -0.241 e. The fraction of sp³-hybridized carbons (Fsp3) is 0.400. The minimum absolute atomic E-state index is 0.0371. The van der Waals surface area contributed by atoms with Crippen molar-refractivity contribution in [3.8, 4) is 0 Å². The van der Waals surface area contributed by atoms with Crippen molar-refractivity contribution in [2.24, 2.45) is 0 Å². The molecule has 0 spiro atoms. The molecule has 0 bridgehead atoms. The third-order valence-corrected chi connectivity index (χ3v) is 2.40. The highest BCUT2D eigenvalue weighted by Gasteiger charge is 2.18. The maximum Gasteiger partial charge on any atom is 0.154 e. The third-order valence-electron chi connectivity index (χ3n) is 2.11. The van der Waals surface area contributed by atoms with E-state index in [1.54, 1.807) is 16.9 Å². The van der Waals surface area contributed by atoms with E-state index in [9.17, 15) is 0 Å². The van der Waals surface area contributed by atoms with E-state index < -0.39 is 0 Å². The van der Waals surface area contributed by atoms with Gasteiger partial charge < -0.3 is 0 Å². The van der Waals surface area contributed by atoms with E-state index in [4.69, 9.17) is 11.6 Å². The van der Waals surface area contributed by atoms with Gasteiger partial charge in [0.05, 0.1) is 5.69 Å². The molecule has 0 N–H and O–H groups in total. The summed E-state index contributed by atoms with van der Waals surface area (Å²) in [6.07, 6.45) is 3.45. The number of aromatic nitrogens is 3. The van der Waals surface area contributed by atoms with Gasteiger partial charge in [-0.2, -0.15) is 5.10 Å². The highest BCUT2D eigenvalue weighted by Crippen LogP contribution is 2.24. The maximum absolute atomic E-state index is 5.95. The lowest BCUT2D eigenvalue weighted by Gasteiger charge is -2.13. The normalized spacial score (nSPS) is 12.3. The van der Waals surface area contributed by atoms with Gasteiger partial charge in [0.1, 0.15) is 5.52 Å². The second kappa shape index (κ2) is 2.95. The summed E-state index contributed by atoms with van der Waals surface area (Å²) in [5, 5.41) is 4.93. The molecule has 0 unspecified atom stereocenters. The van der Waals surface area contributed by atoms with Crippen LogP contribution in [-0.2, 0) is 5.41 Å². The lowest BCUT2D eigenvalue weighted by Crippen LogP contribution is -2.11. The molecule has 14 heavy (non-hydrogen) atoms. The maximum atomic E-state index is 5.95. The molecule has 0 radical (unpaired) electrons. The van der Waals surface area contributed by atoms with Crippen LogP contribution in [0.15, 0.2) is 18.5 Å². The summed E-state index contributed by atoms with van der Waals surface area (Å²) in [5.41, 5.74) is 1.92. The zero-order chi connectivity index (χ0) is 10.3. The van der Waals surface area contributed by atoms with E-state index in [2.05, 4.69) is 30.9 Å². The molecule has 2 rings (SSSR count). The smallest absolute Gasteiger partial charge is 0.154 e. The van der Waals surface area contributed by atoms with Crippen molar-refractivity contribution in [3.05, 3.63) is 29.3 Å². The molecule has 2 aromatic heterocycles. The van der Waals surface area contributed by atoms with Crippen LogP contribution in [-0.4, -0.2) is 14.6 Å². The van der Waals surface area contributed by atoms with E-state index in [1.807, 2.05) is 6.07 Å². The van der Waals surface area contributed by atoms with Gasteiger partial charge in [-0.05, 0) is 6.07 Å². The van der Waals surface area contributed by atoms with Gasteiger partial charge in [0.15, 0.2) is 5.15 Å². The first-order valence-corrected chi connectivity index (χ1v) is 4.86. The minimum atomic E-state index is 0.0371. The van der Waals surface area contributed by atoms with Gasteiger partial charge in [0.2, 0.25) is 0 Å². The molecule has 0 amide bonds. The van der Waals surface area contributed by atoms with E-state index >= 15 is 0 Å². The fourth-order valence-corrected chi connectivity index (χ4v) is 1.45. The molecular formula is C10H12ClN3. The molecule has 2 heterocycles. The van der Waals surface area contributed by atoms with Crippen molar-refractivity contribution in [3.63, 3.8) is 0 Å². The van der Waals surface area contributed by atoms with Crippen molar-refractivity contribution >= 4 is 17.1 Å². The van der Waals surface area contributed by atoms with Gasteiger partial charge in [-0.3, -0.25) is 0 Å². The molecule has 0 aliphatic heterocycles. The third kappa shape index (κ3) is 1.48. The number of rotatable bonds is 0. The Hall–Kier alpha value is -1.09. The fourth-order valence-electron chi connectivity index (χ4n) is 1.26. The molecule has 0 saturated heterocycles. The number of hydrogen-bond donors (Lipinski definition) is 0. The molecule has 0 fully saturated rings. The Bertz CT molecular complexity index is 468. The van der Waals surface area contributed by atoms with Crippen molar-refractivity contribution in [1.29, 1.82) is 0 Å². The highest BCUT2D eigenvalue weighted by atomic mass is 35.5. The largest absolute Gasteiger partial charge is 0.241 e. The molecule has 0 saturated carbocycles. The highest BCUT2D eigenvalue weighted by molar-refractivity contribution is 6.32. The molecule has 0 aliphatic rings. The van der Waals surface area contributed by atoms with Crippen LogP contribution in [0.4, 0.5) is 0 Å². The van der Waals surface area contributed by atoms with Gasteiger partial charge in [0, 0.05) is 17.8 Å². The summed E-state index contributed by atoms with van der Waals surface area (Å²) in [6.45, 7) is 6.36. The molecule has 2 aromatic rings. The Balaban J connectivity index is 2.69. The quantitative estimate of drug-likeness (QED) is 0.668. The average Bonchev–Trinajstić information content (AvgIpc) is 2.48. The number of hydrogen-bond acceptors (Lipinski definition) is 2. The van der Waals surface area contributed by atoms with E-state index in [0.717, 1.165) is 11.2 Å². The van der Waals surface area contributed by atoms with Gasteiger partial charge in [-0.15, -0.1) is 0 Å². The monoisotopic (exact) mass is 209 g/mol. The molecule has 3 nitrogen and oxygen atoms in total. The zero-order valence-corrected chi connectivity index (χ0v) is 9.21. The Morgan fingerprint density at radius 1 is 1.36 bits per heavy atom. The van der Waals surface area contributed by atoms with Crippen molar-refractivity contribution < 1.29 is 0 Å². The van der Waals surface area contributed by atoms with Crippen molar-refractivity contribution in [2.75, 3.05) is 0 Å². The van der Waals surface area contributed by atoms with Crippen LogP contribution < -0.4 is 0 Å². The molecular weight excluding hydrogens is 198 g/mol. The van der Waals surface area contributed by atoms with Gasteiger partial charge >= 0.3 is 0 Å². The van der Waals surface area contributed by atoms with Crippen LogP contribution in [0.5, 0.6) is 0 Å². The second-order valence-corrected chi connectivity index (χ2v) is 4.69. The standard InChI is InChI=1S/C10H12ClN3/c1-10(2,3)8-6-7-9(11)12-4-5-14(7)13-8/h4-6H,1-3H3. The van der Waals surface area contributed by atoms with E-state index in [0.29, 0.717) is 5.15 Å². The van der Waals surface area contributed by atoms with Crippen LogP contribution in [0.1, 0.15) is 26.5 Å². The predicted octanol–water partition coefficient (Wildman–Crippen LogP) is 2.68. The lowest BCUT2D eigenvalue weighted by atomic mass is 9.92. The first kappa shape index (κ1) is 9.46. The predicted molar refractivity (Wildman–Crippen MR) is 56.7 cm³/mol. The molecule has 0 aliphatic carbocycles. The summed E-state index contributed by atoms with van der Waals surface area (Å²) in [4.78, 5) is 4.01. The summed E-state index contributed by atoms with van der Waals surface area (Å²) < 4.78 is 1.76. The Labute approximate surface area is 87.7 Å². The van der Waals surface area contributed by atoms with Crippen LogP contribution in [0.3, 0.4) is 0 Å². The summed E-state index contributed by atoms with van der Waals surface area (Å²) in [5.74, 6) is 0. The lowest BCUT2D eigenvalue weighted by molar-refractivity contribution is 0.562. The first-order chi connectivity index (χ1) is 6.48. The molecule has 0 atom stereocenters. The van der Waals surface area contributed by atoms with Crippen LogP contribution >= 0.6 is 11.6 Å². The van der Waals surface area contributed by atoms with Crippen molar-refractivity contribution in [1.82, 2.24) is 14.6 Å². The van der Waals surface area contributed by atoms with Crippen LogP contribution in [0.25, 0.3) is 5.52 Å². The number of fused-ring (bicyclic) bond motifs is 1. The molecule has 74 valence electrons. The van der Waals surface area contributed by atoms with E-state index in [1.165, 1.54) is 0 Å². The first-order valence-electron chi connectivity index (χ1n) is 4.49. The van der Waals surface area contributed by atoms with Crippen molar-refractivity contribution in [2.45, 2.75) is 26.2 Å². The number of nitrogens with zero attached hydrogens (tertiary/aromatic N) is 3. The van der Waals surface area contributed by atoms with Gasteiger partial charge in [-0.1, -0.05) is 32.4 Å². The van der Waals surface area contributed by atoms with Crippen LogP contribution in [0.2, 0.25) is 5.15 Å². The number of halogens is 1. The topological polar surface area (TPSA) is 30.2 Å². The van der Waals surface area contributed by atoms with Crippen LogP contribution in [0, 0.1) is 0 Å². The summed E-state index contributed by atoms with van der Waals surface area (Å²) in [6, 6.07) is 1.98. The summed E-state index contributed by atoms with van der Waals surface area (Å²) in [7, 11) is 0. The SMILES string of the molecule is CC(C)(C)c1cc2c(Cl)nccn2n1. The molecule has 0 aromatic carbocycles. The van der Waals surface area contributed by atoms with Gasteiger partial charge in [0.25, 0.3) is 0 Å². The Kier molecular flexibility index (Phi) is 2.00. The van der Waals surface area contributed by atoms with E-state index in [-0.39, 0.29) is 5.41 Å². The van der Waals surface area contributed by atoms with Gasteiger partial charge in [-0.25, -0.2) is 9.50 Å². The summed E-state index contributed by atoms with van der Waals surface area (Å²) >= 11 is 5.95.